The Morgan fingerprint density at radius 2 is 1.68 bits per heavy atom. The van der Waals surface area contributed by atoms with Gasteiger partial charge in [-0.15, -0.1) is 0 Å². The number of nitrogens with zero attached hydrogens (tertiary/aromatic N) is 1. The fourth-order valence-corrected chi connectivity index (χ4v) is 4.77. The third-order valence-electron chi connectivity index (χ3n) is 6.21. The van der Waals surface area contributed by atoms with Crippen LogP contribution in [0, 0.1) is 5.41 Å². The van der Waals surface area contributed by atoms with Gasteiger partial charge in [0.05, 0.1) is 0 Å². The minimum atomic E-state index is 0.233. The van der Waals surface area contributed by atoms with Crippen molar-refractivity contribution in [3.8, 4) is 5.75 Å². The van der Waals surface area contributed by atoms with Crippen molar-refractivity contribution in [3.05, 3.63) is 59.2 Å². The van der Waals surface area contributed by atoms with Gasteiger partial charge in [-0.3, -0.25) is 0 Å². The number of aryl methyl sites for hydroxylation is 1. The normalized spacial score (nSPS) is 22.5. The zero-order valence-corrected chi connectivity index (χ0v) is 15.5. The Kier molecular flexibility index (Phi) is 4.23. The Morgan fingerprint density at radius 1 is 0.960 bits per heavy atom. The summed E-state index contributed by atoms with van der Waals surface area (Å²) >= 11 is 0. The summed E-state index contributed by atoms with van der Waals surface area (Å²) in [5.74, 6) is 0.782. The molecule has 1 saturated heterocycles. The minimum Gasteiger partial charge on any atom is -0.508 e. The molecule has 0 saturated carbocycles. The van der Waals surface area contributed by atoms with Gasteiger partial charge >= 0.3 is 0 Å². The lowest BCUT2D eigenvalue weighted by molar-refractivity contribution is 0.273. The number of phenols is 1. The lowest BCUT2D eigenvalue weighted by atomic mass is 9.63. The first-order chi connectivity index (χ1) is 12.0. The van der Waals surface area contributed by atoms with Gasteiger partial charge in [-0.2, -0.15) is 0 Å². The van der Waals surface area contributed by atoms with Crippen LogP contribution in [-0.4, -0.2) is 18.2 Å². The van der Waals surface area contributed by atoms with E-state index in [0.29, 0.717) is 11.7 Å². The third-order valence-corrected chi connectivity index (χ3v) is 6.21. The SMILES string of the molecule is CC1(C)CCc2cc(O)ccc2[C@@H]1c1ccc(N2CCCCC2)cc1. The molecule has 4 rings (SSSR count). The first-order valence-electron chi connectivity index (χ1n) is 9.71. The number of fused-ring (bicyclic) bond motifs is 1. The summed E-state index contributed by atoms with van der Waals surface area (Å²) in [4.78, 5) is 2.52. The molecule has 2 nitrogen and oxygen atoms in total. The molecule has 0 spiro atoms. The van der Waals surface area contributed by atoms with Crippen LogP contribution in [0.2, 0.25) is 0 Å². The quantitative estimate of drug-likeness (QED) is 0.785. The fourth-order valence-electron chi connectivity index (χ4n) is 4.77. The zero-order valence-electron chi connectivity index (χ0n) is 15.5. The molecule has 2 heteroatoms. The van der Waals surface area contributed by atoms with Gasteiger partial charge in [0.1, 0.15) is 5.75 Å². The first-order valence-corrected chi connectivity index (χ1v) is 9.71. The second kappa shape index (κ2) is 6.40. The number of piperidine rings is 1. The van der Waals surface area contributed by atoms with Crippen LogP contribution < -0.4 is 4.90 Å². The molecular formula is C23H29NO. The maximum atomic E-state index is 9.85. The first kappa shape index (κ1) is 16.5. The molecule has 0 bridgehead atoms. The van der Waals surface area contributed by atoms with E-state index in [-0.39, 0.29) is 5.41 Å². The van der Waals surface area contributed by atoms with E-state index in [1.165, 1.54) is 54.7 Å². The largest absolute Gasteiger partial charge is 0.508 e. The highest BCUT2D eigenvalue weighted by Crippen LogP contribution is 2.49. The van der Waals surface area contributed by atoms with E-state index in [1.54, 1.807) is 0 Å². The molecule has 0 radical (unpaired) electrons. The summed E-state index contributed by atoms with van der Waals surface area (Å²) in [6, 6.07) is 15.2. The van der Waals surface area contributed by atoms with Gasteiger partial charge in [-0.1, -0.05) is 32.0 Å². The second-order valence-electron chi connectivity index (χ2n) is 8.44. The Bertz CT molecular complexity index is 741. The topological polar surface area (TPSA) is 23.5 Å². The highest BCUT2D eigenvalue weighted by molar-refractivity contribution is 5.51. The van der Waals surface area contributed by atoms with Gasteiger partial charge in [0.25, 0.3) is 0 Å². The van der Waals surface area contributed by atoms with Crippen molar-refractivity contribution in [2.75, 3.05) is 18.0 Å². The predicted octanol–water partition coefficient (Wildman–Crippen LogP) is 5.49. The summed E-state index contributed by atoms with van der Waals surface area (Å²) < 4.78 is 0. The van der Waals surface area contributed by atoms with Gasteiger partial charge in [-0.05, 0) is 78.5 Å². The van der Waals surface area contributed by atoms with E-state index in [1.807, 2.05) is 12.1 Å². The van der Waals surface area contributed by atoms with Crippen molar-refractivity contribution < 1.29 is 5.11 Å². The number of anilines is 1. The van der Waals surface area contributed by atoms with Crippen LogP contribution in [0.4, 0.5) is 5.69 Å². The van der Waals surface area contributed by atoms with Crippen LogP contribution in [0.5, 0.6) is 5.75 Å². The molecule has 1 atom stereocenters. The van der Waals surface area contributed by atoms with Crippen molar-refractivity contribution >= 4 is 5.69 Å². The van der Waals surface area contributed by atoms with Gasteiger partial charge in [0.2, 0.25) is 0 Å². The molecule has 2 aliphatic rings. The van der Waals surface area contributed by atoms with Crippen molar-refractivity contribution in [3.63, 3.8) is 0 Å². The van der Waals surface area contributed by atoms with Gasteiger partial charge in [0.15, 0.2) is 0 Å². The molecule has 132 valence electrons. The van der Waals surface area contributed by atoms with E-state index >= 15 is 0 Å². The van der Waals surface area contributed by atoms with Gasteiger partial charge in [-0.25, -0.2) is 0 Å². The van der Waals surface area contributed by atoms with Gasteiger partial charge in [0, 0.05) is 24.7 Å². The number of hydrogen-bond donors (Lipinski definition) is 1. The van der Waals surface area contributed by atoms with Crippen LogP contribution >= 0.6 is 0 Å². The summed E-state index contributed by atoms with van der Waals surface area (Å²) in [5.41, 5.74) is 5.70. The van der Waals surface area contributed by atoms with Crippen LogP contribution in [0.15, 0.2) is 42.5 Å². The number of hydrogen-bond acceptors (Lipinski definition) is 2. The maximum absolute atomic E-state index is 9.85. The molecule has 1 fully saturated rings. The fraction of sp³-hybridized carbons (Fsp3) is 0.478. The average Bonchev–Trinajstić information content (AvgIpc) is 2.62. The zero-order chi connectivity index (χ0) is 17.4. The van der Waals surface area contributed by atoms with Crippen molar-refractivity contribution in [1.82, 2.24) is 0 Å². The molecule has 2 aromatic rings. The van der Waals surface area contributed by atoms with Gasteiger partial charge < -0.3 is 10.0 Å². The molecule has 1 aliphatic carbocycles. The van der Waals surface area contributed by atoms with E-state index in [4.69, 9.17) is 0 Å². The van der Waals surface area contributed by atoms with Crippen molar-refractivity contribution in [2.24, 2.45) is 5.41 Å². The highest BCUT2D eigenvalue weighted by atomic mass is 16.3. The maximum Gasteiger partial charge on any atom is 0.115 e. The molecule has 0 unspecified atom stereocenters. The number of rotatable bonds is 2. The summed E-state index contributed by atoms with van der Waals surface area (Å²) in [5, 5.41) is 9.85. The second-order valence-corrected chi connectivity index (χ2v) is 8.44. The molecular weight excluding hydrogens is 306 g/mol. The van der Waals surface area contributed by atoms with Crippen LogP contribution in [-0.2, 0) is 6.42 Å². The smallest absolute Gasteiger partial charge is 0.115 e. The van der Waals surface area contributed by atoms with Crippen LogP contribution in [0.25, 0.3) is 0 Å². The average molecular weight is 335 g/mol. The van der Waals surface area contributed by atoms with E-state index in [0.717, 1.165) is 12.8 Å². The summed E-state index contributed by atoms with van der Waals surface area (Å²) in [6.45, 7) is 7.14. The number of aromatic hydroxyl groups is 1. The third kappa shape index (κ3) is 3.15. The molecule has 25 heavy (non-hydrogen) atoms. The Hall–Kier alpha value is -1.96. The van der Waals surface area contributed by atoms with E-state index in [9.17, 15) is 5.11 Å². The standard InChI is InChI=1S/C23H29NO/c1-23(2)13-12-18-16-20(25)10-11-21(18)22(23)17-6-8-19(9-7-17)24-14-4-3-5-15-24/h6-11,16,22,25H,3-5,12-15H2,1-2H3/t22-/m0/s1. The highest BCUT2D eigenvalue weighted by Gasteiger charge is 2.36. The van der Waals surface area contributed by atoms with Crippen LogP contribution in [0.3, 0.4) is 0 Å². The van der Waals surface area contributed by atoms with E-state index in [2.05, 4.69) is 49.1 Å². The Balaban J connectivity index is 1.68. The predicted molar refractivity (Wildman–Crippen MR) is 105 cm³/mol. The molecule has 0 amide bonds. The van der Waals surface area contributed by atoms with Crippen LogP contribution in [0.1, 0.15) is 62.1 Å². The lowest BCUT2D eigenvalue weighted by Gasteiger charge is -2.41. The minimum absolute atomic E-state index is 0.233. The van der Waals surface area contributed by atoms with Crippen molar-refractivity contribution in [1.29, 1.82) is 0 Å². The van der Waals surface area contributed by atoms with Crippen molar-refractivity contribution in [2.45, 2.75) is 51.9 Å². The monoisotopic (exact) mass is 335 g/mol. The molecule has 2 aromatic carbocycles. The molecule has 1 heterocycles. The summed E-state index contributed by atoms with van der Waals surface area (Å²) in [7, 11) is 0. The van der Waals surface area contributed by atoms with E-state index < -0.39 is 0 Å². The Morgan fingerprint density at radius 3 is 2.40 bits per heavy atom. The number of benzene rings is 2. The summed E-state index contributed by atoms with van der Waals surface area (Å²) in [6.07, 6.45) is 6.21. The Labute approximate surface area is 151 Å². The molecule has 0 aromatic heterocycles. The lowest BCUT2D eigenvalue weighted by Crippen LogP contribution is -2.30. The molecule has 1 N–H and O–H groups in total. The number of phenolic OH excluding ortho intramolecular Hbond substituents is 1. The molecule has 1 aliphatic heterocycles.